The van der Waals surface area contributed by atoms with Crippen molar-refractivity contribution in [3.8, 4) is 0 Å². The summed E-state index contributed by atoms with van der Waals surface area (Å²) in [6.07, 6.45) is 50.5. The maximum atomic E-state index is 13.1. The Morgan fingerprint density at radius 1 is 0.453 bits per heavy atom. The molecule has 1 fully saturated rings. The van der Waals surface area contributed by atoms with Crippen LogP contribution >= 0.6 is 0 Å². The van der Waals surface area contributed by atoms with Crippen molar-refractivity contribution in [1.82, 2.24) is 0 Å². The molecular formula is C63H108O12. The lowest BCUT2D eigenvalue weighted by Crippen LogP contribution is -2.61. The highest BCUT2D eigenvalue weighted by molar-refractivity contribution is 5.74. The van der Waals surface area contributed by atoms with Gasteiger partial charge in [0.05, 0.1) is 6.61 Å². The van der Waals surface area contributed by atoms with Gasteiger partial charge in [-0.15, -0.1) is 0 Å². The second-order valence-electron chi connectivity index (χ2n) is 20.6. The summed E-state index contributed by atoms with van der Waals surface area (Å²) in [5, 5.41) is 31.5. The van der Waals surface area contributed by atoms with Crippen molar-refractivity contribution >= 4 is 23.9 Å². The van der Waals surface area contributed by atoms with Gasteiger partial charge < -0.3 is 39.0 Å². The lowest BCUT2D eigenvalue weighted by molar-refractivity contribution is -0.301. The van der Waals surface area contributed by atoms with Crippen LogP contribution in [0.2, 0.25) is 0 Å². The van der Waals surface area contributed by atoms with Gasteiger partial charge in [0.15, 0.2) is 24.6 Å². The first-order valence-electron chi connectivity index (χ1n) is 30.3. The quantitative estimate of drug-likeness (QED) is 0.0228. The van der Waals surface area contributed by atoms with Crippen LogP contribution in [0.4, 0.5) is 0 Å². The molecule has 1 aliphatic heterocycles. The fraction of sp³-hybridized carbons (Fsp3) is 0.778. The van der Waals surface area contributed by atoms with E-state index < -0.39 is 67.3 Å². The van der Waals surface area contributed by atoms with Crippen LogP contribution in [0.25, 0.3) is 0 Å². The average molecular weight is 1060 g/mol. The third-order valence-electron chi connectivity index (χ3n) is 13.6. The van der Waals surface area contributed by atoms with E-state index in [4.69, 9.17) is 23.7 Å². The van der Waals surface area contributed by atoms with E-state index in [1.54, 1.807) is 0 Å². The molecule has 75 heavy (non-hydrogen) atoms. The molecule has 0 spiro atoms. The first-order chi connectivity index (χ1) is 36.6. The standard InChI is InChI=1S/C63H108O12/c1-4-7-10-13-16-19-22-24-26-27-28-29-31-33-36-39-42-45-48-51-57(66)74-61-59(68)58(67)60(62(69)70)75-63(61)72-53-54(73-56(65)50-47-44-41-38-34-21-18-15-12-9-6-3)52-71-55(64)49-46-43-40-37-35-32-30-25-23-20-17-14-11-8-5-2/h7,10,16,19,24,26,28-29,33,36,54,58-61,63,67-68H,4-6,8-9,11-15,17-18,20-23,25,27,30-32,34-35,37-53H2,1-3H3,(H,69,70)/b10-7-,19-16-,26-24-,29-28-,36-33-. The summed E-state index contributed by atoms with van der Waals surface area (Å²) < 4.78 is 28.4. The lowest BCUT2D eigenvalue weighted by Gasteiger charge is -2.40. The Balaban J connectivity index is 2.67. The van der Waals surface area contributed by atoms with Crippen molar-refractivity contribution in [2.24, 2.45) is 0 Å². The van der Waals surface area contributed by atoms with Crippen LogP contribution in [-0.2, 0) is 42.9 Å². The number of carboxylic acid groups (broad SMARTS) is 1. The number of carboxylic acids is 1. The van der Waals surface area contributed by atoms with Crippen molar-refractivity contribution in [1.29, 1.82) is 0 Å². The summed E-state index contributed by atoms with van der Waals surface area (Å²) >= 11 is 0. The number of allylic oxidation sites excluding steroid dienone is 10. The topological polar surface area (TPSA) is 175 Å². The molecule has 0 saturated carbocycles. The van der Waals surface area contributed by atoms with Crippen LogP contribution in [0.1, 0.15) is 265 Å². The van der Waals surface area contributed by atoms with Crippen LogP contribution in [-0.4, -0.2) is 89.2 Å². The largest absolute Gasteiger partial charge is 0.479 e. The van der Waals surface area contributed by atoms with E-state index in [9.17, 15) is 34.5 Å². The van der Waals surface area contributed by atoms with E-state index in [0.29, 0.717) is 19.3 Å². The molecule has 0 aromatic heterocycles. The number of rotatable bonds is 51. The van der Waals surface area contributed by atoms with E-state index in [-0.39, 0.29) is 25.9 Å². The fourth-order valence-corrected chi connectivity index (χ4v) is 8.98. The Morgan fingerprint density at radius 2 is 0.840 bits per heavy atom. The monoisotopic (exact) mass is 1060 g/mol. The van der Waals surface area contributed by atoms with E-state index in [2.05, 4.69) is 81.5 Å². The molecule has 1 saturated heterocycles. The summed E-state index contributed by atoms with van der Waals surface area (Å²) in [7, 11) is 0. The molecule has 12 heteroatoms. The van der Waals surface area contributed by atoms with Crippen molar-refractivity contribution in [2.75, 3.05) is 13.2 Å². The van der Waals surface area contributed by atoms with Crippen LogP contribution in [0.3, 0.4) is 0 Å². The SMILES string of the molecule is CC/C=C\C/C=C\C/C=C\C/C=C\C/C=C\CCCCCC(=O)OC1C(OCC(COC(=O)CCCCCCCCCCCCCCCCC)OC(=O)CCCCCCCCCCCCC)OC(C(=O)O)C(O)C1O. The van der Waals surface area contributed by atoms with Gasteiger partial charge in [0.2, 0.25) is 0 Å². The maximum Gasteiger partial charge on any atom is 0.335 e. The predicted octanol–water partition coefficient (Wildman–Crippen LogP) is 15.6. The molecule has 6 unspecified atom stereocenters. The molecule has 0 aliphatic carbocycles. The smallest absolute Gasteiger partial charge is 0.335 e. The second kappa shape index (κ2) is 51.2. The van der Waals surface area contributed by atoms with Crippen molar-refractivity contribution in [3.63, 3.8) is 0 Å². The molecule has 0 radical (unpaired) electrons. The van der Waals surface area contributed by atoms with Gasteiger partial charge in [-0.2, -0.15) is 0 Å². The summed E-state index contributed by atoms with van der Waals surface area (Å²) in [5.74, 6) is -3.14. The molecule has 3 N–H and O–H groups in total. The maximum absolute atomic E-state index is 13.1. The fourth-order valence-electron chi connectivity index (χ4n) is 8.98. The number of esters is 3. The minimum atomic E-state index is -1.91. The average Bonchev–Trinajstić information content (AvgIpc) is 3.39. The molecule has 0 aromatic carbocycles. The zero-order chi connectivity index (χ0) is 54.7. The number of aliphatic hydroxyl groups excluding tert-OH is 2. The normalized spacial score (nSPS) is 18.5. The highest BCUT2D eigenvalue weighted by atomic mass is 16.7. The third kappa shape index (κ3) is 41.2. The Bertz CT molecular complexity index is 1540. The van der Waals surface area contributed by atoms with E-state index in [1.807, 2.05) is 0 Å². The van der Waals surface area contributed by atoms with Crippen LogP contribution < -0.4 is 0 Å². The number of hydrogen-bond acceptors (Lipinski definition) is 11. The van der Waals surface area contributed by atoms with Crippen LogP contribution in [0.15, 0.2) is 60.8 Å². The highest BCUT2D eigenvalue weighted by Crippen LogP contribution is 2.26. The lowest BCUT2D eigenvalue weighted by atomic mass is 9.98. The second-order valence-corrected chi connectivity index (χ2v) is 20.6. The Morgan fingerprint density at radius 3 is 1.28 bits per heavy atom. The first kappa shape index (κ1) is 69.4. The Hall–Kier alpha value is -3.58. The van der Waals surface area contributed by atoms with Gasteiger partial charge >= 0.3 is 23.9 Å². The minimum Gasteiger partial charge on any atom is -0.479 e. The van der Waals surface area contributed by atoms with Gasteiger partial charge in [-0.1, -0.05) is 242 Å². The molecule has 6 atom stereocenters. The third-order valence-corrected chi connectivity index (χ3v) is 13.6. The van der Waals surface area contributed by atoms with Crippen molar-refractivity contribution < 1.29 is 58.2 Å². The first-order valence-corrected chi connectivity index (χ1v) is 30.3. The zero-order valence-electron chi connectivity index (χ0n) is 47.5. The zero-order valence-corrected chi connectivity index (χ0v) is 47.5. The molecule has 0 aromatic rings. The number of aliphatic carboxylic acids is 1. The van der Waals surface area contributed by atoms with Crippen molar-refractivity contribution in [2.45, 2.75) is 302 Å². The number of unbranched alkanes of at least 4 members (excludes halogenated alkanes) is 27. The minimum absolute atomic E-state index is 0.0225. The Labute approximate surface area is 456 Å². The van der Waals surface area contributed by atoms with Gasteiger partial charge in [0.25, 0.3) is 0 Å². The number of ether oxygens (including phenoxy) is 5. The van der Waals surface area contributed by atoms with Crippen LogP contribution in [0.5, 0.6) is 0 Å². The van der Waals surface area contributed by atoms with Gasteiger partial charge in [0.1, 0.15) is 18.8 Å². The summed E-state index contributed by atoms with van der Waals surface area (Å²) in [5.41, 5.74) is 0. The molecule has 1 heterocycles. The number of aliphatic hydroxyl groups is 2. The van der Waals surface area contributed by atoms with Gasteiger partial charge in [0, 0.05) is 19.3 Å². The predicted molar refractivity (Wildman–Crippen MR) is 303 cm³/mol. The number of carbonyl (C=O) groups excluding carboxylic acids is 3. The molecule has 0 amide bonds. The van der Waals surface area contributed by atoms with E-state index in [1.165, 1.54) is 116 Å². The summed E-state index contributed by atoms with van der Waals surface area (Å²) in [6, 6.07) is 0. The highest BCUT2D eigenvalue weighted by Gasteiger charge is 2.50. The molecule has 12 nitrogen and oxygen atoms in total. The van der Waals surface area contributed by atoms with Gasteiger partial charge in [-0.25, -0.2) is 4.79 Å². The van der Waals surface area contributed by atoms with E-state index >= 15 is 0 Å². The molecule has 0 bridgehead atoms. The molecule has 1 aliphatic rings. The van der Waals surface area contributed by atoms with E-state index in [0.717, 1.165) is 89.9 Å². The number of hydrogen-bond donors (Lipinski definition) is 3. The number of carbonyl (C=O) groups is 4. The van der Waals surface area contributed by atoms with Gasteiger partial charge in [-0.05, 0) is 64.2 Å². The molecule has 432 valence electrons. The van der Waals surface area contributed by atoms with Crippen molar-refractivity contribution in [3.05, 3.63) is 60.8 Å². The molecular weight excluding hydrogens is 949 g/mol. The Kier molecular flexibility index (Phi) is 47.4. The van der Waals surface area contributed by atoms with Gasteiger partial charge in [-0.3, -0.25) is 14.4 Å². The summed E-state index contributed by atoms with van der Waals surface area (Å²) in [6.45, 7) is 5.88. The molecule has 1 rings (SSSR count). The summed E-state index contributed by atoms with van der Waals surface area (Å²) in [4.78, 5) is 51.1. The van der Waals surface area contributed by atoms with Crippen LogP contribution in [0, 0.1) is 0 Å².